The molecular formula is C12H14Br2N2O2. The van der Waals surface area contributed by atoms with E-state index in [1.165, 1.54) is 0 Å². The second-order valence-electron chi connectivity index (χ2n) is 4.29. The van der Waals surface area contributed by atoms with Gasteiger partial charge < -0.3 is 9.64 Å². The first-order valence-corrected chi connectivity index (χ1v) is 7.64. The van der Waals surface area contributed by atoms with Gasteiger partial charge in [0.2, 0.25) is 0 Å². The first kappa shape index (κ1) is 14.0. The van der Waals surface area contributed by atoms with E-state index in [0.29, 0.717) is 18.8 Å². The molecule has 6 heteroatoms. The number of nitrogens with zero attached hydrogens (tertiary/aromatic N) is 2. The van der Waals surface area contributed by atoms with Gasteiger partial charge in [0.15, 0.2) is 0 Å². The number of carbonyl (C=O) groups excluding carboxylic acids is 1. The molecule has 0 spiro atoms. The minimum absolute atomic E-state index is 0.0383. The highest BCUT2D eigenvalue weighted by Gasteiger charge is 2.28. The fourth-order valence-corrected chi connectivity index (χ4v) is 2.55. The first-order chi connectivity index (χ1) is 8.60. The number of carbonyl (C=O) groups is 1. The molecule has 1 aromatic rings. The van der Waals surface area contributed by atoms with Crippen molar-refractivity contribution in [2.24, 2.45) is 0 Å². The Kier molecular flexibility index (Phi) is 4.75. The van der Waals surface area contributed by atoms with Crippen LogP contribution in [-0.2, 0) is 4.74 Å². The quantitative estimate of drug-likeness (QED) is 0.743. The third kappa shape index (κ3) is 3.30. The summed E-state index contributed by atoms with van der Waals surface area (Å²) in [6.07, 6.45) is 1.74. The number of alkyl halides is 1. The van der Waals surface area contributed by atoms with Crippen LogP contribution in [0.15, 0.2) is 22.8 Å². The van der Waals surface area contributed by atoms with Crippen molar-refractivity contribution in [3.63, 3.8) is 0 Å². The van der Waals surface area contributed by atoms with Crippen molar-refractivity contribution in [3.8, 4) is 0 Å². The minimum atomic E-state index is -0.0383. The van der Waals surface area contributed by atoms with Crippen molar-refractivity contribution in [1.82, 2.24) is 9.88 Å². The maximum Gasteiger partial charge on any atom is 0.272 e. The zero-order valence-electron chi connectivity index (χ0n) is 9.97. The van der Waals surface area contributed by atoms with E-state index in [9.17, 15) is 4.79 Å². The molecule has 1 fully saturated rings. The average Bonchev–Trinajstić information content (AvgIpc) is 2.38. The highest BCUT2D eigenvalue weighted by molar-refractivity contribution is 9.10. The zero-order chi connectivity index (χ0) is 13.1. The Bertz CT molecular complexity index is 425. The number of rotatable bonds is 2. The predicted octanol–water partition coefficient (Wildman–Crippen LogP) is 2.47. The maximum absolute atomic E-state index is 12.3. The number of morpholine rings is 1. The molecule has 2 atom stereocenters. The molecule has 0 N–H and O–H groups in total. The van der Waals surface area contributed by atoms with Gasteiger partial charge in [-0.2, -0.15) is 0 Å². The van der Waals surface area contributed by atoms with Crippen LogP contribution in [0.25, 0.3) is 0 Å². The van der Waals surface area contributed by atoms with Crippen LogP contribution in [0.5, 0.6) is 0 Å². The van der Waals surface area contributed by atoms with E-state index in [4.69, 9.17) is 4.74 Å². The van der Waals surface area contributed by atoms with Gasteiger partial charge >= 0.3 is 0 Å². The first-order valence-electron chi connectivity index (χ1n) is 5.72. The summed E-state index contributed by atoms with van der Waals surface area (Å²) in [5.74, 6) is -0.0383. The molecule has 1 saturated heterocycles. The maximum atomic E-state index is 12.3. The van der Waals surface area contributed by atoms with Crippen molar-refractivity contribution in [2.45, 2.75) is 19.1 Å². The van der Waals surface area contributed by atoms with Crippen LogP contribution in [0.3, 0.4) is 0 Å². The SMILES string of the molecule is CC1CN(C(=O)c2ccc(Br)cn2)CC(CBr)O1. The number of halogens is 2. The Labute approximate surface area is 123 Å². The molecule has 18 heavy (non-hydrogen) atoms. The molecule has 0 saturated carbocycles. The highest BCUT2D eigenvalue weighted by Crippen LogP contribution is 2.16. The lowest BCUT2D eigenvalue weighted by atomic mass is 10.2. The lowest BCUT2D eigenvalue weighted by Crippen LogP contribution is -2.49. The molecule has 2 heterocycles. The van der Waals surface area contributed by atoms with Gasteiger partial charge in [0.1, 0.15) is 5.69 Å². The molecule has 2 rings (SSSR count). The fourth-order valence-electron chi connectivity index (χ4n) is 1.96. The van der Waals surface area contributed by atoms with Gasteiger partial charge in [-0.25, -0.2) is 4.98 Å². The Hall–Kier alpha value is -0.460. The van der Waals surface area contributed by atoms with Crippen molar-refractivity contribution in [2.75, 3.05) is 18.4 Å². The number of pyridine rings is 1. The molecule has 2 unspecified atom stereocenters. The summed E-state index contributed by atoms with van der Waals surface area (Å²) < 4.78 is 6.57. The lowest BCUT2D eigenvalue weighted by molar-refractivity contribution is -0.0561. The summed E-state index contributed by atoms with van der Waals surface area (Å²) in [7, 11) is 0. The van der Waals surface area contributed by atoms with Crippen LogP contribution in [0, 0.1) is 0 Å². The number of amides is 1. The van der Waals surface area contributed by atoms with Crippen molar-refractivity contribution in [3.05, 3.63) is 28.5 Å². The van der Waals surface area contributed by atoms with E-state index >= 15 is 0 Å². The van der Waals surface area contributed by atoms with Gasteiger partial charge in [0.05, 0.1) is 12.2 Å². The van der Waals surface area contributed by atoms with Crippen molar-refractivity contribution in [1.29, 1.82) is 0 Å². The Morgan fingerprint density at radius 2 is 2.33 bits per heavy atom. The Balaban J connectivity index is 2.10. The third-order valence-electron chi connectivity index (χ3n) is 2.73. The molecule has 0 bridgehead atoms. The summed E-state index contributed by atoms with van der Waals surface area (Å²) in [6, 6.07) is 3.56. The topological polar surface area (TPSA) is 42.4 Å². The van der Waals surface area contributed by atoms with Gasteiger partial charge in [0, 0.05) is 29.1 Å². The number of hydrogen-bond donors (Lipinski definition) is 0. The summed E-state index contributed by atoms with van der Waals surface area (Å²) in [4.78, 5) is 18.2. The molecule has 0 aliphatic carbocycles. The largest absolute Gasteiger partial charge is 0.371 e. The normalized spacial score (nSPS) is 24.1. The molecule has 4 nitrogen and oxygen atoms in total. The standard InChI is InChI=1S/C12H14Br2N2O2/c1-8-6-16(7-10(4-13)18-8)12(17)11-3-2-9(14)5-15-11/h2-3,5,8,10H,4,6-7H2,1H3. The smallest absolute Gasteiger partial charge is 0.272 e. The molecule has 1 aliphatic rings. The minimum Gasteiger partial charge on any atom is -0.371 e. The molecule has 0 radical (unpaired) electrons. The summed E-state index contributed by atoms with van der Waals surface area (Å²) in [5.41, 5.74) is 0.473. The predicted molar refractivity (Wildman–Crippen MR) is 76.0 cm³/mol. The van der Waals surface area contributed by atoms with Crippen LogP contribution >= 0.6 is 31.9 Å². The monoisotopic (exact) mass is 376 g/mol. The van der Waals surface area contributed by atoms with Gasteiger partial charge in [-0.1, -0.05) is 15.9 Å². The van der Waals surface area contributed by atoms with Gasteiger partial charge in [-0.3, -0.25) is 4.79 Å². The van der Waals surface area contributed by atoms with Crippen molar-refractivity contribution < 1.29 is 9.53 Å². The fraction of sp³-hybridized carbons (Fsp3) is 0.500. The number of aromatic nitrogens is 1. The highest BCUT2D eigenvalue weighted by atomic mass is 79.9. The van der Waals surface area contributed by atoms with E-state index in [-0.39, 0.29) is 18.1 Å². The summed E-state index contributed by atoms with van der Waals surface area (Å²) >= 11 is 6.70. The van der Waals surface area contributed by atoms with E-state index in [1.54, 1.807) is 17.2 Å². The Morgan fingerprint density at radius 3 is 2.94 bits per heavy atom. The summed E-state index contributed by atoms with van der Waals surface area (Å²) in [6.45, 7) is 3.19. The van der Waals surface area contributed by atoms with E-state index in [2.05, 4.69) is 36.8 Å². The molecule has 98 valence electrons. The zero-order valence-corrected chi connectivity index (χ0v) is 13.1. The van der Waals surface area contributed by atoms with E-state index in [0.717, 1.165) is 9.80 Å². The molecular weight excluding hydrogens is 364 g/mol. The average molecular weight is 378 g/mol. The van der Waals surface area contributed by atoms with Crippen LogP contribution in [0.2, 0.25) is 0 Å². The number of ether oxygens (including phenoxy) is 1. The molecule has 1 aliphatic heterocycles. The molecule has 0 aromatic carbocycles. The molecule has 1 amide bonds. The van der Waals surface area contributed by atoms with E-state index in [1.807, 2.05) is 13.0 Å². The van der Waals surface area contributed by atoms with E-state index < -0.39 is 0 Å². The van der Waals surface area contributed by atoms with Gasteiger partial charge in [-0.05, 0) is 35.0 Å². The molecule has 1 aromatic heterocycles. The van der Waals surface area contributed by atoms with Gasteiger partial charge in [0.25, 0.3) is 5.91 Å². The lowest BCUT2D eigenvalue weighted by Gasteiger charge is -2.36. The van der Waals surface area contributed by atoms with Gasteiger partial charge in [-0.15, -0.1) is 0 Å². The van der Waals surface area contributed by atoms with Crippen LogP contribution < -0.4 is 0 Å². The van der Waals surface area contributed by atoms with Crippen molar-refractivity contribution >= 4 is 37.8 Å². The van der Waals surface area contributed by atoms with Crippen LogP contribution in [-0.4, -0.2) is 46.4 Å². The third-order valence-corrected chi connectivity index (χ3v) is 3.92. The van der Waals surface area contributed by atoms with Crippen LogP contribution in [0.4, 0.5) is 0 Å². The van der Waals surface area contributed by atoms with Crippen LogP contribution in [0.1, 0.15) is 17.4 Å². The summed E-state index contributed by atoms with van der Waals surface area (Å²) in [5, 5.41) is 0.731. The Morgan fingerprint density at radius 1 is 1.56 bits per heavy atom. The second kappa shape index (κ2) is 6.12. The second-order valence-corrected chi connectivity index (χ2v) is 5.86. The number of hydrogen-bond acceptors (Lipinski definition) is 3.